The van der Waals surface area contributed by atoms with Crippen molar-refractivity contribution in [2.75, 3.05) is 11.3 Å². The summed E-state index contributed by atoms with van der Waals surface area (Å²) in [6.07, 6.45) is 0. The molecule has 15 heavy (non-hydrogen) atoms. The Balaban J connectivity index is 2.95. The smallest absolute Gasteiger partial charge is 0.340 e. The molecule has 0 aromatic heterocycles. The van der Waals surface area contributed by atoms with Crippen LogP contribution in [0.3, 0.4) is 0 Å². The Bertz CT molecular complexity index is 380. The maximum atomic E-state index is 11.4. The number of rotatable bonds is 4. The average Bonchev–Trinajstić information content (AvgIpc) is 2.18. The molecule has 0 amide bonds. The number of hydrogen-bond acceptors (Lipinski definition) is 3. The van der Waals surface area contributed by atoms with Gasteiger partial charge in [-0.3, -0.25) is 9.27 Å². The third-order valence-electron chi connectivity index (χ3n) is 1.62. The Morgan fingerprint density at radius 3 is 2.80 bits per heavy atom. The van der Waals surface area contributed by atoms with Gasteiger partial charge in [0.2, 0.25) is 0 Å². The van der Waals surface area contributed by atoms with E-state index in [9.17, 15) is 9.00 Å². The van der Waals surface area contributed by atoms with Crippen LogP contribution in [0.5, 0.6) is 0 Å². The van der Waals surface area contributed by atoms with Crippen LogP contribution >= 0.6 is 0 Å². The van der Waals surface area contributed by atoms with Crippen molar-refractivity contribution in [2.45, 2.75) is 6.92 Å². The Morgan fingerprint density at radius 1 is 1.53 bits per heavy atom. The van der Waals surface area contributed by atoms with E-state index >= 15 is 0 Å². The van der Waals surface area contributed by atoms with Gasteiger partial charge in [-0.2, -0.15) is 0 Å². The first kappa shape index (κ1) is 11.7. The van der Waals surface area contributed by atoms with Crippen LogP contribution in [0.4, 0.5) is 5.69 Å². The van der Waals surface area contributed by atoms with Gasteiger partial charge < -0.3 is 4.74 Å². The zero-order valence-electron chi connectivity index (χ0n) is 8.10. The van der Waals surface area contributed by atoms with Crippen LogP contribution in [-0.4, -0.2) is 21.3 Å². The van der Waals surface area contributed by atoms with Crippen LogP contribution in [0.25, 0.3) is 0 Å². The number of benzene rings is 1. The van der Waals surface area contributed by atoms with Crippen molar-refractivity contribution < 1.29 is 18.3 Å². The van der Waals surface area contributed by atoms with Gasteiger partial charge in [0.05, 0.1) is 17.9 Å². The van der Waals surface area contributed by atoms with Gasteiger partial charge in [0.1, 0.15) is 0 Å². The van der Waals surface area contributed by atoms with Gasteiger partial charge in [0.15, 0.2) is 0 Å². The molecule has 2 N–H and O–H groups in total. The lowest BCUT2D eigenvalue weighted by Gasteiger charge is -2.07. The predicted molar refractivity (Wildman–Crippen MR) is 56.8 cm³/mol. The van der Waals surface area contributed by atoms with E-state index < -0.39 is 17.2 Å². The third-order valence-corrected chi connectivity index (χ3v) is 2.01. The number of para-hydroxylation sites is 1. The first-order valence-electron chi connectivity index (χ1n) is 4.28. The topological polar surface area (TPSA) is 75.6 Å². The third kappa shape index (κ3) is 3.34. The summed E-state index contributed by atoms with van der Waals surface area (Å²) in [5.74, 6) is -0.522. The molecule has 1 aromatic carbocycles. The highest BCUT2D eigenvalue weighted by Gasteiger charge is 2.12. The number of ether oxygens (including phenoxy) is 1. The molecule has 0 saturated heterocycles. The summed E-state index contributed by atoms with van der Waals surface area (Å²) >= 11 is -2.21. The molecule has 0 aliphatic carbocycles. The quantitative estimate of drug-likeness (QED) is 0.604. The molecule has 1 atom stereocenters. The van der Waals surface area contributed by atoms with Gasteiger partial charge in [0.25, 0.3) is 11.3 Å². The summed E-state index contributed by atoms with van der Waals surface area (Å²) < 4.78 is 26.2. The van der Waals surface area contributed by atoms with Gasteiger partial charge in [-0.1, -0.05) is 12.1 Å². The maximum absolute atomic E-state index is 11.4. The molecule has 5 nitrogen and oxygen atoms in total. The second-order valence-corrected chi connectivity index (χ2v) is 3.32. The van der Waals surface area contributed by atoms with Crippen LogP contribution in [-0.2, 0) is 16.0 Å². The molecule has 1 aromatic rings. The van der Waals surface area contributed by atoms with E-state index in [0.29, 0.717) is 0 Å². The van der Waals surface area contributed by atoms with Crippen molar-refractivity contribution in [3.63, 3.8) is 0 Å². The van der Waals surface area contributed by atoms with E-state index in [4.69, 9.17) is 9.29 Å². The Labute approximate surface area is 89.9 Å². The number of anilines is 1. The van der Waals surface area contributed by atoms with Crippen molar-refractivity contribution in [3.8, 4) is 0 Å². The second kappa shape index (κ2) is 5.47. The summed E-state index contributed by atoms with van der Waals surface area (Å²) in [6, 6.07) is 6.35. The Hall–Kier alpha value is -1.40. The lowest BCUT2D eigenvalue weighted by molar-refractivity contribution is 0.0527. The fraction of sp³-hybridized carbons (Fsp3) is 0.222. The van der Waals surface area contributed by atoms with Crippen molar-refractivity contribution in [1.82, 2.24) is 0 Å². The molecule has 0 saturated carbocycles. The van der Waals surface area contributed by atoms with Gasteiger partial charge in [-0.25, -0.2) is 9.00 Å². The second-order valence-electron chi connectivity index (χ2n) is 2.62. The van der Waals surface area contributed by atoms with Crippen LogP contribution in [0, 0.1) is 0 Å². The lowest BCUT2D eigenvalue weighted by Crippen LogP contribution is -2.10. The zero-order valence-corrected chi connectivity index (χ0v) is 8.91. The van der Waals surface area contributed by atoms with Gasteiger partial charge in [-0.15, -0.1) is 0 Å². The van der Waals surface area contributed by atoms with Crippen molar-refractivity contribution >= 4 is 22.9 Å². The molecule has 0 fully saturated rings. The normalized spacial score (nSPS) is 11.9. The Kier molecular flexibility index (Phi) is 4.26. The number of carbonyl (C=O) groups excluding carboxylic acids is 1. The summed E-state index contributed by atoms with van der Waals surface area (Å²) in [6.45, 7) is 1.95. The number of nitrogens with one attached hydrogen (secondary N) is 1. The number of esters is 1. The standard InChI is InChI=1S/C9H11NO4S/c1-2-14-9(11)7-5-3-4-6-8(7)10-15(12)13/h3-6,10H,2H2,1H3,(H,12,13). The minimum atomic E-state index is -2.21. The van der Waals surface area contributed by atoms with Gasteiger partial charge in [0, 0.05) is 0 Å². The average molecular weight is 229 g/mol. The summed E-state index contributed by atoms with van der Waals surface area (Å²) in [5.41, 5.74) is 0.513. The van der Waals surface area contributed by atoms with Crippen LogP contribution in [0.15, 0.2) is 24.3 Å². The van der Waals surface area contributed by atoms with E-state index in [1.165, 1.54) is 12.1 Å². The van der Waals surface area contributed by atoms with E-state index in [-0.39, 0.29) is 17.9 Å². The highest BCUT2D eigenvalue weighted by atomic mass is 32.2. The summed E-state index contributed by atoms with van der Waals surface area (Å²) in [7, 11) is 0. The van der Waals surface area contributed by atoms with E-state index in [2.05, 4.69) is 4.72 Å². The molecule has 6 heteroatoms. The zero-order chi connectivity index (χ0) is 11.3. The first-order chi connectivity index (χ1) is 7.15. The molecule has 0 aliphatic rings. The fourth-order valence-corrected chi connectivity index (χ4v) is 1.42. The highest BCUT2D eigenvalue weighted by Crippen LogP contribution is 2.16. The number of carbonyl (C=O) groups is 1. The van der Waals surface area contributed by atoms with Gasteiger partial charge >= 0.3 is 5.97 Å². The summed E-state index contributed by atoms with van der Waals surface area (Å²) in [5, 5.41) is 0. The fourth-order valence-electron chi connectivity index (χ4n) is 1.05. The Morgan fingerprint density at radius 2 is 2.20 bits per heavy atom. The van der Waals surface area contributed by atoms with Crippen molar-refractivity contribution in [2.24, 2.45) is 0 Å². The minimum Gasteiger partial charge on any atom is -0.462 e. The molecule has 0 heterocycles. The lowest BCUT2D eigenvalue weighted by atomic mass is 10.2. The molecule has 0 bridgehead atoms. The van der Waals surface area contributed by atoms with E-state index in [1.54, 1.807) is 19.1 Å². The van der Waals surface area contributed by atoms with Crippen LogP contribution in [0.2, 0.25) is 0 Å². The largest absolute Gasteiger partial charge is 0.462 e. The minimum absolute atomic E-state index is 0.238. The molecule has 0 spiro atoms. The van der Waals surface area contributed by atoms with Crippen molar-refractivity contribution in [1.29, 1.82) is 0 Å². The van der Waals surface area contributed by atoms with Gasteiger partial charge in [-0.05, 0) is 19.1 Å². The molecule has 0 radical (unpaired) electrons. The SMILES string of the molecule is CCOC(=O)c1ccccc1NS(=O)O. The molecule has 0 aliphatic heterocycles. The monoisotopic (exact) mass is 229 g/mol. The molecule has 1 rings (SSSR count). The summed E-state index contributed by atoms with van der Waals surface area (Å²) in [4.78, 5) is 11.4. The molecule has 1 unspecified atom stereocenters. The number of hydrogen-bond donors (Lipinski definition) is 2. The molecular formula is C9H11NO4S. The van der Waals surface area contributed by atoms with E-state index in [0.717, 1.165) is 0 Å². The van der Waals surface area contributed by atoms with Crippen LogP contribution in [0.1, 0.15) is 17.3 Å². The van der Waals surface area contributed by atoms with Crippen LogP contribution < -0.4 is 4.72 Å². The first-order valence-corrected chi connectivity index (χ1v) is 5.39. The predicted octanol–water partition coefficient (Wildman–Crippen LogP) is 1.41. The van der Waals surface area contributed by atoms with Crippen molar-refractivity contribution in [3.05, 3.63) is 29.8 Å². The maximum Gasteiger partial charge on any atom is 0.340 e. The highest BCUT2D eigenvalue weighted by molar-refractivity contribution is 7.80. The molecular weight excluding hydrogens is 218 g/mol. The molecule has 82 valence electrons. The van der Waals surface area contributed by atoms with E-state index in [1.807, 2.05) is 0 Å².